The Labute approximate surface area is 189 Å². The molecule has 30 heavy (non-hydrogen) atoms. The van der Waals surface area contributed by atoms with E-state index in [0.717, 1.165) is 6.42 Å². The van der Waals surface area contributed by atoms with Crippen LogP contribution in [0, 0.1) is 0 Å². The second-order valence-corrected chi connectivity index (χ2v) is 16.2. The van der Waals surface area contributed by atoms with Gasteiger partial charge in [0.15, 0.2) is 0 Å². The van der Waals surface area contributed by atoms with Gasteiger partial charge in [0.2, 0.25) is 0 Å². The highest BCUT2D eigenvalue weighted by molar-refractivity contribution is 6.73. The maximum atomic E-state index is 6.73. The van der Waals surface area contributed by atoms with E-state index in [9.17, 15) is 0 Å². The average molecular weight is 440 g/mol. The molecule has 1 aliphatic heterocycles. The van der Waals surface area contributed by atoms with Crippen LogP contribution in [0.15, 0.2) is 12.2 Å². The summed E-state index contributed by atoms with van der Waals surface area (Å²) in [5, 5.41) is 0.0148. The van der Waals surface area contributed by atoms with Crippen LogP contribution in [0.2, 0.25) is 10.1 Å². The lowest BCUT2D eigenvalue weighted by Crippen LogP contribution is -2.65. The minimum absolute atomic E-state index is 0.00742. The zero-order chi connectivity index (χ0) is 22.7. The monoisotopic (exact) mass is 439 g/mol. The van der Waals surface area contributed by atoms with E-state index in [1.807, 2.05) is 0 Å². The van der Waals surface area contributed by atoms with Crippen molar-refractivity contribution in [1.29, 1.82) is 0 Å². The molecular weight excluding hydrogens is 386 g/mol. The van der Waals surface area contributed by atoms with Gasteiger partial charge in [-0.15, -0.1) is 0 Å². The van der Waals surface area contributed by atoms with Crippen LogP contribution in [0.4, 0.5) is 0 Å². The molecular formula is C26H53NO2Si. The molecule has 178 valence electrons. The third kappa shape index (κ3) is 8.76. The molecule has 0 spiro atoms. The fraction of sp³-hybridized carbons (Fsp3) is 0.923. The van der Waals surface area contributed by atoms with Crippen molar-refractivity contribution >= 4 is 8.56 Å². The van der Waals surface area contributed by atoms with E-state index in [-0.39, 0.29) is 22.2 Å². The summed E-state index contributed by atoms with van der Waals surface area (Å²) < 4.78 is 13.1. The summed E-state index contributed by atoms with van der Waals surface area (Å²) in [4.78, 5) is 0. The van der Waals surface area contributed by atoms with Gasteiger partial charge in [-0.2, -0.15) is 0 Å². The molecule has 1 rings (SSSR count). The Morgan fingerprint density at radius 2 is 1.27 bits per heavy atom. The highest BCUT2D eigenvalue weighted by Gasteiger charge is 2.61. The van der Waals surface area contributed by atoms with Crippen LogP contribution in [0.25, 0.3) is 0 Å². The SMILES string of the molecule is CCCCCCCCCCCCC/C=C/[C@H]1O[Si](C(C)(C)C)(C(C)(C)C)OC[C@@H]1N. The fourth-order valence-corrected chi connectivity index (χ4v) is 9.83. The summed E-state index contributed by atoms with van der Waals surface area (Å²) in [6.45, 7) is 16.4. The Morgan fingerprint density at radius 3 is 1.73 bits per heavy atom. The minimum atomic E-state index is -2.43. The Balaban J connectivity index is 2.30. The van der Waals surface area contributed by atoms with Gasteiger partial charge in [-0.05, 0) is 12.8 Å². The highest BCUT2D eigenvalue weighted by atomic mass is 28.4. The number of allylic oxidation sites excluding steroid dienone is 1. The van der Waals surface area contributed by atoms with Crippen molar-refractivity contribution in [1.82, 2.24) is 0 Å². The summed E-state index contributed by atoms with van der Waals surface area (Å²) >= 11 is 0. The summed E-state index contributed by atoms with van der Waals surface area (Å²) in [7, 11) is -2.43. The van der Waals surface area contributed by atoms with E-state index in [0.29, 0.717) is 6.61 Å². The van der Waals surface area contributed by atoms with Crippen LogP contribution in [0.1, 0.15) is 126 Å². The summed E-state index contributed by atoms with van der Waals surface area (Å²) in [6.07, 6.45) is 20.9. The predicted octanol–water partition coefficient (Wildman–Crippen LogP) is 8.03. The van der Waals surface area contributed by atoms with Crippen LogP contribution in [0.5, 0.6) is 0 Å². The molecule has 4 heteroatoms. The molecule has 0 amide bonds. The van der Waals surface area contributed by atoms with Gasteiger partial charge in [0.1, 0.15) is 0 Å². The van der Waals surface area contributed by atoms with Gasteiger partial charge in [0, 0.05) is 10.1 Å². The minimum Gasteiger partial charge on any atom is -0.392 e. The number of unbranched alkanes of at least 4 members (excludes halogenated alkanes) is 11. The molecule has 0 bridgehead atoms. The Hall–Kier alpha value is -0.163. The first kappa shape index (κ1) is 27.9. The van der Waals surface area contributed by atoms with Crippen molar-refractivity contribution in [3.8, 4) is 0 Å². The van der Waals surface area contributed by atoms with Crippen LogP contribution >= 0.6 is 0 Å². The third-order valence-electron chi connectivity index (χ3n) is 6.48. The topological polar surface area (TPSA) is 44.5 Å². The van der Waals surface area contributed by atoms with Gasteiger partial charge in [-0.1, -0.05) is 125 Å². The zero-order valence-electron chi connectivity index (χ0n) is 21.4. The molecule has 0 radical (unpaired) electrons. The smallest absolute Gasteiger partial charge is 0.349 e. The van der Waals surface area contributed by atoms with Gasteiger partial charge < -0.3 is 14.6 Å². The second-order valence-electron chi connectivity index (χ2n) is 11.4. The second kappa shape index (κ2) is 13.4. The fourth-order valence-electron chi connectivity index (χ4n) is 4.87. The van der Waals surface area contributed by atoms with E-state index >= 15 is 0 Å². The van der Waals surface area contributed by atoms with Crippen molar-refractivity contribution in [3.05, 3.63) is 12.2 Å². The molecule has 0 aromatic carbocycles. The van der Waals surface area contributed by atoms with Crippen LogP contribution in [-0.2, 0) is 8.85 Å². The molecule has 1 fully saturated rings. The molecule has 1 saturated heterocycles. The van der Waals surface area contributed by atoms with Crippen LogP contribution in [-0.4, -0.2) is 27.3 Å². The van der Waals surface area contributed by atoms with Gasteiger partial charge in [0.25, 0.3) is 0 Å². The molecule has 0 saturated carbocycles. The number of hydrogen-bond acceptors (Lipinski definition) is 3. The molecule has 0 aliphatic carbocycles. The van der Waals surface area contributed by atoms with Gasteiger partial charge in [-0.25, -0.2) is 0 Å². The van der Waals surface area contributed by atoms with Crippen LogP contribution < -0.4 is 5.73 Å². The first-order valence-electron chi connectivity index (χ1n) is 12.8. The van der Waals surface area contributed by atoms with Crippen LogP contribution in [0.3, 0.4) is 0 Å². The summed E-state index contributed by atoms with van der Waals surface area (Å²) in [5.74, 6) is 0. The average Bonchev–Trinajstić information content (AvgIpc) is 2.65. The highest BCUT2D eigenvalue weighted by Crippen LogP contribution is 2.54. The third-order valence-corrected chi connectivity index (χ3v) is 11.6. The van der Waals surface area contributed by atoms with Crippen molar-refractivity contribution in [2.24, 2.45) is 5.73 Å². The first-order valence-corrected chi connectivity index (χ1v) is 14.6. The molecule has 1 heterocycles. The first-order chi connectivity index (χ1) is 14.0. The van der Waals surface area contributed by atoms with Gasteiger partial charge >= 0.3 is 8.56 Å². The maximum Gasteiger partial charge on any atom is 0.349 e. The number of hydrogen-bond donors (Lipinski definition) is 1. The van der Waals surface area contributed by atoms with E-state index in [1.165, 1.54) is 70.6 Å². The molecule has 3 nitrogen and oxygen atoms in total. The Bertz CT molecular complexity index is 464. The van der Waals surface area contributed by atoms with Crippen molar-refractivity contribution < 1.29 is 8.85 Å². The largest absolute Gasteiger partial charge is 0.392 e. The van der Waals surface area contributed by atoms with E-state index in [1.54, 1.807) is 0 Å². The quantitative estimate of drug-likeness (QED) is 0.179. The predicted molar refractivity (Wildman–Crippen MR) is 134 cm³/mol. The van der Waals surface area contributed by atoms with Crippen molar-refractivity contribution in [2.75, 3.05) is 6.61 Å². The number of nitrogens with two attached hydrogens (primary N) is 1. The summed E-state index contributed by atoms with van der Waals surface area (Å²) in [5.41, 5.74) is 6.35. The lowest BCUT2D eigenvalue weighted by molar-refractivity contribution is 0.0263. The molecule has 1 aliphatic rings. The van der Waals surface area contributed by atoms with Gasteiger partial charge in [-0.3, -0.25) is 0 Å². The molecule has 0 unspecified atom stereocenters. The molecule has 0 aromatic heterocycles. The van der Waals surface area contributed by atoms with E-state index in [2.05, 4.69) is 60.6 Å². The molecule has 2 N–H and O–H groups in total. The van der Waals surface area contributed by atoms with Crippen molar-refractivity contribution in [3.63, 3.8) is 0 Å². The Morgan fingerprint density at radius 1 is 0.800 bits per heavy atom. The normalized spacial score (nSPS) is 22.7. The maximum absolute atomic E-state index is 6.73. The lowest BCUT2D eigenvalue weighted by atomic mass is 10.0. The van der Waals surface area contributed by atoms with Gasteiger partial charge in [0.05, 0.1) is 18.8 Å². The van der Waals surface area contributed by atoms with Crippen molar-refractivity contribution in [2.45, 2.75) is 148 Å². The molecule has 0 aromatic rings. The lowest BCUT2D eigenvalue weighted by Gasteiger charge is -2.53. The standard InChI is InChI=1S/C26H53NO2Si/c1-8-9-10-11-12-13-14-15-16-17-18-19-20-21-24-23(27)22-28-30(29-24,25(2,3)4)26(5,6)7/h20-21,23-24H,8-19,22,27H2,1-7H3/b21-20+/t23-,24+/m0/s1. The zero-order valence-corrected chi connectivity index (χ0v) is 22.4. The van der Waals surface area contributed by atoms with E-state index < -0.39 is 8.56 Å². The Kier molecular flexibility index (Phi) is 12.4. The number of rotatable bonds is 13. The summed E-state index contributed by atoms with van der Waals surface area (Å²) in [6, 6.07) is -0.0658. The van der Waals surface area contributed by atoms with E-state index in [4.69, 9.17) is 14.6 Å². The molecule has 2 atom stereocenters.